The molecule has 1 saturated heterocycles. The van der Waals surface area contributed by atoms with E-state index in [0.717, 1.165) is 30.8 Å². The van der Waals surface area contributed by atoms with Crippen LogP contribution in [0, 0.1) is 17.8 Å². The number of carbonyl (C=O) groups excluding carboxylic acids is 2. The standard InChI is InChI=1S/C26H32N2O4/c1-17-22-15-24(28(16-23(17)22)13-14-32-21-7-5-4-6-8-21)25(29)27-18(2)19-9-11-20(12-10-19)26(30)31-3/h4-12,17-18,22-24H,13-16H2,1-3H3,(H,27,29)/t17?,18-,22?,23?,24+/m0/s1. The number of methoxy groups -OCH3 is 1. The van der Waals surface area contributed by atoms with Crippen LogP contribution < -0.4 is 10.1 Å². The molecule has 2 aliphatic rings. The van der Waals surface area contributed by atoms with Crippen molar-refractivity contribution in [3.05, 3.63) is 65.7 Å². The van der Waals surface area contributed by atoms with Gasteiger partial charge in [0.15, 0.2) is 0 Å². The van der Waals surface area contributed by atoms with Gasteiger partial charge in [0.05, 0.1) is 24.8 Å². The van der Waals surface area contributed by atoms with Crippen LogP contribution >= 0.6 is 0 Å². The Hall–Kier alpha value is -2.86. The molecule has 2 aromatic carbocycles. The van der Waals surface area contributed by atoms with Crippen molar-refractivity contribution in [2.45, 2.75) is 32.4 Å². The Morgan fingerprint density at radius 3 is 2.50 bits per heavy atom. The predicted molar refractivity (Wildman–Crippen MR) is 122 cm³/mol. The molecule has 1 amide bonds. The van der Waals surface area contributed by atoms with E-state index >= 15 is 0 Å². The number of nitrogens with one attached hydrogen (secondary N) is 1. The molecule has 1 heterocycles. The summed E-state index contributed by atoms with van der Waals surface area (Å²) in [7, 11) is 1.37. The molecule has 0 radical (unpaired) electrons. The van der Waals surface area contributed by atoms with Gasteiger partial charge in [-0.15, -0.1) is 0 Å². The third-order valence-electron chi connectivity index (χ3n) is 7.02. The van der Waals surface area contributed by atoms with Gasteiger partial charge in [-0.2, -0.15) is 0 Å². The van der Waals surface area contributed by atoms with Gasteiger partial charge in [0.1, 0.15) is 12.4 Å². The van der Waals surface area contributed by atoms with Gasteiger partial charge in [0.25, 0.3) is 0 Å². The van der Waals surface area contributed by atoms with Crippen molar-refractivity contribution in [1.29, 1.82) is 0 Å². The van der Waals surface area contributed by atoms with E-state index in [4.69, 9.17) is 9.47 Å². The number of ether oxygens (including phenoxy) is 2. The molecule has 6 nitrogen and oxygen atoms in total. The predicted octanol–water partition coefficient (Wildman–Crippen LogP) is 3.69. The van der Waals surface area contributed by atoms with Gasteiger partial charge in [0, 0.05) is 13.1 Å². The number of benzene rings is 2. The van der Waals surface area contributed by atoms with Crippen molar-refractivity contribution < 1.29 is 19.1 Å². The third kappa shape index (κ3) is 4.96. The Labute approximate surface area is 189 Å². The summed E-state index contributed by atoms with van der Waals surface area (Å²) in [6.07, 6.45) is 0.900. The number of hydrogen-bond donors (Lipinski definition) is 1. The zero-order valence-electron chi connectivity index (χ0n) is 19.0. The first-order valence-corrected chi connectivity index (χ1v) is 11.4. The van der Waals surface area contributed by atoms with E-state index in [2.05, 4.69) is 17.1 Å². The van der Waals surface area contributed by atoms with Gasteiger partial charge in [0.2, 0.25) is 5.91 Å². The van der Waals surface area contributed by atoms with E-state index in [1.807, 2.05) is 49.4 Å². The van der Waals surface area contributed by atoms with Crippen LogP contribution in [0.25, 0.3) is 0 Å². The fourth-order valence-corrected chi connectivity index (χ4v) is 4.87. The number of para-hydroxylation sites is 1. The van der Waals surface area contributed by atoms with Crippen LogP contribution in [0.4, 0.5) is 0 Å². The second-order valence-electron chi connectivity index (χ2n) is 8.94. The van der Waals surface area contributed by atoms with Gasteiger partial charge in [-0.3, -0.25) is 9.69 Å². The fourth-order valence-electron chi connectivity index (χ4n) is 4.87. The quantitative estimate of drug-likeness (QED) is 0.640. The second kappa shape index (κ2) is 9.74. The van der Waals surface area contributed by atoms with Crippen molar-refractivity contribution in [2.24, 2.45) is 17.8 Å². The molecule has 32 heavy (non-hydrogen) atoms. The molecular formula is C26H32N2O4. The van der Waals surface area contributed by atoms with Gasteiger partial charge in [-0.1, -0.05) is 37.3 Å². The topological polar surface area (TPSA) is 67.9 Å². The Morgan fingerprint density at radius 2 is 1.81 bits per heavy atom. The Bertz CT molecular complexity index is 931. The highest BCUT2D eigenvalue weighted by Crippen LogP contribution is 2.52. The van der Waals surface area contributed by atoms with Crippen molar-refractivity contribution >= 4 is 11.9 Å². The van der Waals surface area contributed by atoms with Crippen LogP contribution in [0.3, 0.4) is 0 Å². The molecule has 5 atom stereocenters. The molecule has 0 bridgehead atoms. The summed E-state index contributed by atoms with van der Waals surface area (Å²) < 4.78 is 10.6. The number of amides is 1. The minimum atomic E-state index is -0.364. The molecule has 1 saturated carbocycles. The van der Waals surface area contributed by atoms with Crippen molar-refractivity contribution in [2.75, 3.05) is 26.8 Å². The summed E-state index contributed by atoms with van der Waals surface area (Å²) >= 11 is 0. The molecular weight excluding hydrogens is 404 g/mol. The maximum Gasteiger partial charge on any atom is 0.337 e. The van der Waals surface area contributed by atoms with Gasteiger partial charge in [-0.25, -0.2) is 4.79 Å². The SMILES string of the molecule is COC(=O)c1ccc([C@H](C)NC(=O)[C@H]2CC3C(C)C3CN2CCOc2ccccc2)cc1. The van der Waals surface area contributed by atoms with E-state index < -0.39 is 0 Å². The molecule has 170 valence electrons. The van der Waals surface area contributed by atoms with Gasteiger partial charge < -0.3 is 14.8 Å². The van der Waals surface area contributed by atoms with Crippen LogP contribution in [-0.4, -0.2) is 49.6 Å². The Kier molecular flexibility index (Phi) is 6.80. The zero-order valence-corrected chi connectivity index (χ0v) is 19.0. The molecule has 0 aromatic heterocycles. The smallest absolute Gasteiger partial charge is 0.337 e. The first-order valence-electron chi connectivity index (χ1n) is 11.4. The summed E-state index contributed by atoms with van der Waals surface area (Å²) in [4.78, 5) is 27.2. The molecule has 1 aliphatic heterocycles. The highest BCUT2D eigenvalue weighted by molar-refractivity contribution is 5.89. The van der Waals surface area contributed by atoms with Crippen molar-refractivity contribution in [3.63, 3.8) is 0 Å². The maximum absolute atomic E-state index is 13.2. The highest BCUT2D eigenvalue weighted by Gasteiger charge is 2.53. The molecule has 2 fully saturated rings. The molecule has 6 heteroatoms. The normalized spacial score (nSPS) is 25.3. The van der Waals surface area contributed by atoms with Crippen LogP contribution in [0.5, 0.6) is 5.75 Å². The molecule has 3 unspecified atom stereocenters. The summed E-state index contributed by atoms with van der Waals surface area (Å²) in [5.41, 5.74) is 1.46. The van der Waals surface area contributed by atoms with E-state index in [1.165, 1.54) is 7.11 Å². The van der Waals surface area contributed by atoms with Crippen LogP contribution in [0.15, 0.2) is 54.6 Å². The average Bonchev–Trinajstić information content (AvgIpc) is 3.46. The number of fused-ring (bicyclic) bond motifs is 1. The first-order chi connectivity index (χ1) is 15.5. The fraction of sp³-hybridized carbons (Fsp3) is 0.462. The second-order valence-corrected chi connectivity index (χ2v) is 8.94. The first kappa shape index (κ1) is 22.3. The molecule has 1 aliphatic carbocycles. The minimum absolute atomic E-state index is 0.0619. The van der Waals surface area contributed by atoms with E-state index in [-0.39, 0.29) is 24.0 Å². The van der Waals surface area contributed by atoms with E-state index in [1.54, 1.807) is 12.1 Å². The molecule has 4 rings (SSSR count). The van der Waals surface area contributed by atoms with E-state index in [0.29, 0.717) is 29.9 Å². The third-order valence-corrected chi connectivity index (χ3v) is 7.02. The maximum atomic E-state index is 13.2. The monoisotopic (exact) mass is 436 g/mol. The van der Waals surface area contributed by atoms with E-state index in [9.17, 15) is 9.59 Å². The largest absolute Gasteiger partial charge is 0.492 e. The zero-order chi connectivity index (χ0) is 22.7. The summed E-state index contributed by atoms with van der Waals surface area (Å²) in [5.74, 6) is 2.58. The lowest BCUT2D eigenvalue weighted by Gasteiger charge is -2.35. The number of esters is 1. The minimum Gasteiger partial charge on any atom is -0.492 e. The summed E-state index contributed by atoms with van der Waals surface area (Å²) in [6.45, 7) is 6.50. The van der Waals surface area contributed by atoms with Crippen LogP contribution in [0.2, 0.25) is 0 Å². The Morgan fingerprint density at radius 1 is 1.09 bits per heavy atom. The van der Waals surface area contributed by atoms with Crippen LogP contribution in [0.1, 0.15) is 42.2 Å². The number of hydrogen-bond acceptors (Lipinski definition) is 5. The summed E-state index contributed by atoms with van der Waals surface area (Å²) in [6, 6.07) is 16.7. The number of nitrogens with zero attached hydrogens (tertiary/aromatic N) is 1. The van der Waals surface area contributed by atoms with Gasteiger partial charge in [-0.05, 0) is 60.9 Å². The lowest BCUT2D eigenvalue weighted by Crippen LogP contribution is -2.51. The molecule has 1 N–H and O–H groups in total. The average molecular weight is 437 g/mol. The van der Waals surface area contributed by atoms with Crippen molar-refractivity contribution in [3.8, 4) is 5.75 Å². The number of likely N-dealkylation sites (tertiary alicyclic amines) is 1. The number of piperidine rings is 1. The van der Waals surface area contributed by atoms with Gasteiger partial charge >= 0.3 is 5.97 Å². The highest BCUT2D eigenvalue weighted by atomic mass is 16.5. The Balaban J connectivity index is 1.36. The van der Waals surface area contributed by atoms with Crippen molar-refractivity contribution in [1.82, 2.24) is 10.2 Å². The number of rotatable bonds is 8. The van der Waals surface area contributed by atoms with Crippen LogP contribution in [-0.2, 0) is 9.53 Å². The number of carbonyl (C=O) groups is 2. The lowest BCUT2D eigenvalue weighted by molar-refractivity contribution is -0.128. The summed E-state index contributed by atoms with van der Waals surface area (Å²) in [5, 5.41) is 3.18. The molecule has 0 spiro atoms. The molecule has 2 aromatic rings. The lowest BCUT2D eigenvalue weighted by atomic mass is 10.00.